The number of thioether (sulfide) groups is 1. The van der Waals surface area contributed by atoms with Gasteiger partial charge in [-0.2, -0.15) is 0 Å². The highest BCUT2D eigenvalue weighted by atomic mass is 35.5. The molecule has 0 saturated heterocycles. The van der Waals surface area contributed by atoms with Crippen molar-refractivity contribution in [1.82, 2.24) is 14.9 Å². The Morgan fingerprint density at radius 1 is 1.16 bits per heavy atom. The van der Waals surface area contributed by atoms with Crippen molar-refractivity contribution in [1.29, 1.82) is 0 Å². The Labute approximate surface area is 195 Å². The average molecular weight is 480 g/mol. The van der Waals surface area contributed by atoms with Crippen LogP contribution in [-0.2, 0) is 16.8 Å². The molecule has 0 atom stereocenters. The maximum Gasteiger partial charge on any atom is 0.234 e. The molecule has 0 spiro atoms. The van der Waals surface area contributed by atoms with Gasteiger partial charge in [-0.05, 0) is 41.3 Å². The Balaban J connectivity index is 1.54. The molecular formula is C21H23Cl2N5O2S. The van der Waals surface area contributed by atoms with Crippen LogP contribution in [0.15, 0.2) is 47.6 Å². The van der Waals surface area contributed by atoms with Crippen molar-refractivity contribution in [3.8, 4) is 5.75 Å². The Bertz CT molecular complexity index is 1060. The van der Waals surface area contributed by atoms with Crippen LogP contribution in [0.4, 0.5) is 5.69 Å². The smallest absolute Gasteiger partial charge is 0.234 e. The standard InChI is InChI=1S/C21H23Cl2N5O2S/c1-21(2,3)13-4-7-15(8-5-13)30-11-18-26-27-20(28(18)24)31-12-19(29)25-17-10-14(22)6-9-16(17)23/h4-10H,11-12,24H2,1-3H3,(H,25,29). The normalized spacial score (nSPS) is 11.4. The number of carbonyl (C=O) groups is 1. The van der Waals surface area contributed by atoms with E-state index < -0.39 is 0 Å². The number of nitrogens with two attached hydrogens (primary N) is 1. The molecule has 0 aliphatic rings. The topological polar surface area (TPSA) is 95.1 Å². The zero-order valence-electron chi connectivity index (χ0n) is 17.4. The van der Waals surface area contributed by atoms with Crippen molar-refractivity contribution in [2.75, 3.05) is 16.9 Å². The molecule has 164 valence electrons. The van der Waals surface area contributed by atoms with Gasteiger partial charge in [0.25, 0.3) is 0 Å². The predicted molar refractivity (Wildman–Crippen MR) is 125 cm³/mol. The Morgan fingerprint density at radius 2 is 1.87 bits per heavy atom. The van der Waals surface area contributed by atoms with Gasteiger partial charge < -0.3 is 15.9 Å². The first-order valence-electron chi connectivity index (χ1n) is 9.44. The first-order valence-corrected chi connectivity index (χ1v) is 11.2. The van der Waals surface area contributed by atoms with Crippen LogP contribution < -0.4 is 15.9 Å². The van der Waals surface area contributed by atoms with Crippen molar-refractivity contribution in [2.45, 2.75) is 37.9 Å². The van der Waals surface area contributed by atoms with E-state index in [1.54, 1.807) is 18.2 Å². The summed E-state index contributed by atoms with van der Waals surface area (Å²) in [7, 11) is 0. The summed E-state index contributed by atoms with van der Waals surface area (Å²) in [5, 5.41) is 12.1. The SMILES string of the molecule is CC(C)(C)c1ccc(OCc2nnc(SCC(=O)Nc3cc(Cl)ccc3Cl)n2N)cc1. The molecule has 3 aromatic rings. The number of halogens is 2. The number of hydrogen-bond acceptors (Lipinski definition) is 6. The van der Waals surface area contributed by atoms with Crippen molar-refractivity contribution in [3.05, 3.63) is 63.9 Å². The average Bonchev–Trinajstić information content (AvgIpc) is 3.07. The molecule has 1 aromatic heterocycles. The van der Waals surface area contributed by atoms with E-state index in [0.717, 1.165) is 11.8 Å². The van der Waals surface area contributed by atoms with E-state index in [4.69, 9.17) is 33.8 Å². The number of carbonyl (C=O) groups excluding carboxylic acids is 1. The molecule has 0 unspecified atom stereocenters. The van der Waals surface area contributed by atoms with Gasteiger partial charge in [0.05, 0.1) is 16.5 Å². The number of aromatic nitrogens is 3. The molecule has 31 heavy (non-hydrogen) atoms. The van der Waals surface area contributed by atoms with Crippen molar-refractivity contribution < 1.29 is 9.53 Å². The number of anilines is 1. The Hall–Kier alpha value is -2.42. The van der Waals surface area contributed by atoms with Crippen LogP contribution in [0.5, 0.6) is 5.75 Å². The summed E-state index contributed by atoms with van der Waals surface area (Å²) in [6.07, 6.45) is 0. The van der Waals surface area contributed by atoms with Crippen molar-refractivity contribution >= 4 is 46.6 Å². The molecule has 0 saturated carbocycles. The summed E-state index contributed by atoms with van der Waals surface area (Å²) in [5.41, 5.74) is 1.74. The molecule has 0 aliphatic carbocycles. The molecule has 3 N–H and O–H groups in total. The van der Waals surface area contributed by atoms with Gasteiger partial charge >= 0.3 is 0 Å². The number of nitrogens with zero attached hydrogens (tertiary/aromatic N) is 3. The summed E-state index contributed by atoms with van der Waals surface area (Å²) < 4.78 is 7.08. The predicted octanol–water partition coefficient (Wildman–Crippen LogP) is 4.91. The molecule has 0 bridgehead atoms. The van der Waals surface area contributed by atoms with Gasteiger partial charge in [-0.25, -0.2) is 4.68 Å². The first kappa shape index (κ1) is 23.2. The fourth-order valence-corrected chi connectivity index (χ4v) is 3.63. The zero-order valence-corrected chi connectivity index (χ0v) is 19.7. The summed E-state index contributed by atoms with van der Waals surface area (Å²) in [4.78, 5) is 12.2. The minimum Gasteiger partial charge on any atom is -0.486 e. The van der Waals surface area contributed by atoms with Crippen molar-refractivity contribution in [3.63, 3.8) is 0 Å². The lowest BCUT2D eigenvalue weighted by atomic mass is 9.87. The maximum atomic E-state index is 12.2. The van der Waals surface area contributed by atoms with Gasteiger partial charge in [-0.3, -0.25) is 4.79 Å². The molecule has 2 aromatic carbocycles. The quantitative estimate of drug-likeness (QED) is 0.369. The third-order valence-electron chi connectivity index (χ3n) is 4.36. The number of benzene rings is 2. The van der Waals surface area contributed by atoms with Gasteiger partial charge in [0.1, 0.15) is 12.4 Å². The Kier molecular flexibility index (Phi) is 7.35. The Morgan fingerprint density at radius 3 is 2.55 bits per heavy atom. The van der Waals surface area contributed by atoms with Gasteiger partial charge in [-0.15, -0.1) is 10.2 Å². The molecule has 0 radical (unpaired) electrons. The molecule has 1 amide bonds. The number of nitrogen functional groups attached to an aromatic ring is 1. The second-order valence-corrected chi connectivity index (χ2v) is 9.58. The highest BCUT2D eigenvalue weighted by Gasteiger charge is 2.15. The highest BCUT2D eigenvalue weighted by molar-refractivity contribution is 7.99. The number of ether oxygens (including phenoxy) is 1. The first-order chi connectivity index (χ1) is 14.6. The summed E-state index contributed by atoms with van der Waals surface area (Å²) in [6, 6.07) is 12.8. The van der Waals surface area contributed by atoms with Gasteiger partial charge in [0.15, 0.2) is 5.82 Å². The number of nitrogens with one attached hydrogen (secondary N) is 1. The lowest BCUT2D eigenvalue weighted by molar-refractivity contribution is -0.113. The van der Waals surface area contributed by atoms with Crippen LogP contribution in [0.1, 0.15) is 32.2 Å². The van der Waals surface area contributed by atoms with E-state index in [9.17, 15) is 4.79 Å². The number of rotatable bonds is 7. The third kappa shape index (κ3) is 6.29. The van der Waals surface area contributed by atoms with Crippen LogP contribution in [0.25, 0.3) is 0 Å². The second-order valence-electron chi connectivity index (χ2n) is 7.79. The molecule has 3 rings (SSSR count). The molecule has 7 nitrogen and oxygen atoms in total. The van der Waals surface area contributed by atoms with Crippen LogP contribution in [-0.4, -0.2) is 26.5 Å². The second kappa shape index (κ2) is 9.80. The lowest BCUT2D eigenvalue weighted by Gasteiger charge is -2.19. The summed E-state index contributed by atoms with van der Waals surface area (Å²) in [6.45, 7) is 6.62. The van der Waals surface area contributed by atoms with Crippen LogP contribution in [0.2, 0.25) is 10.0 Å². The van der Waals surface area contributed by atoms with Gasteiger partial charge in [0.2, 0.25) is 11.1 Å². The molecule has 0 fully saturated rings. The lowest BCUT2D eigenvalue weighted by Crippen LogP contribution is -2.18. The molecular weight excluding hydrogens is 457 g/mol. The van der Waals surface area contributed by atoms with E-state index in [1.807, 2.05) is 24.3 Å². The number of amides is 1. The molecule has 1 heterocycles. The summed E-state index contributed by atoms with van der Waals surface area (Å²) >= 11 is 13.1. The monoisotopic (exact) mass is 479 g/mol. The highest BCUT2D eigenvalue weighted by Crippen LogP contribution is 2.26. The van der Waals surface area contributed by atoms with Gasteiger partial charge in [-0.1, -0.05) is 67.9 Å². The fraction of sp³-hybridized carbons (Fsp3) is 0.286. The maximum absolute atomic E-state index is 12.2. The van der Waals surface area contributed by atoms with E-state index in [0.29, 0.717) is 32.5 Å². The third-order valence-corrected chi connectivity index (χ3v) is 5.87. The largest absolute Gasteiger partial charge is 0.486 e. The van der Waals surface area contributed by atoms with E-state index >= 15 is 0 Å². The molecule has 0 aliphatic heterocycles. The van der Waals surface area contributed by atoms with E-state index in [2.05, 4.69) is 36.3 Å². The van der Waals surface area contributed by atoms with E-state index in [-0.39, 0.29) is 23.7 Å². The fourth-order valence-electron chi connectivity index (χ4n) is 2.61. The van der Waals surface area contributed by atoms with E-state index in [1.165, 1.54) is 10.2 Å². The summed E-state index contributed by atoms with van der Waals surface area (Å²) in [5.74, 6) is 7.02. The van der Waals surface area contributed by atoms with Crippen LogP contribution in [0.3, 0.4) is 0 Å². The minimum atomic E-state index is -0.270. The van der Waals surface area contributed by atoms with Crippen LogP contribution in [0, 0.1) is 0 Å². The van der Waals surface area contributed by atoms with Gasteiger partial charge in [0, 0.05) is 5.02 Å². The molecule has 10 heteroatoms. The van der Waals surface area contributed by atoms with Crippen LogP contribution >= 0.6 is 35.0 Å². The minimum absolute atomic E-state index is 0.0759. The van der Waals surface area contributed by atoms with Crippen molar-refractivity contribution in [2.24, 2.45) is 0 Å². The zero-order chi connectivity index (χ0) is 22.6. The number of hydrogen-bond donors (Lipinski definition) is 2.